The molecule has 0 saturated heterocycles. The van der Waals surface area contributed by atoms with Gasteiger partial charge in [-0.25, -0.2) is 0 Å². The molecule has 1 saturated carbocycles. The minimum Gasteiger partial charge on any atom is -0.343 e. The van der Waals surface area contributed by atoms with Crippen molar-refractivity contribution in [2.75, 3.05) is 0 Å². The van der Waals surface area contributed by atoms with Gasteiger partial charge in [-0.3, -0.25) is 0 Å². The summed E-state index contributed by atoms with van der Waals surface area (Å²) in [5.41, 5.74) is 1.90. The second-order valence-corrected chi connectivity index (χ2v) is 3.81. The van der Waals surface area contributed by atoms with E-state index in [1.165, 1.54) is 18.2 Å². The monoisotopic (exact) mass is 182 g/mol. The Kier molecular flexibility index (Phi) is 1.43. The number of hydrogen-bond donors (Lipinski definition) is 0. The summed E-state index contributed by atoms with van der Waals surface area (Å²) < 4.78 is 2.24. The van der Waals surface area contributed by atoms with Crippen LogP contribution < -0.4 is 0 Å². The van der Waals surface area contributed by atoms with Crippen LogP contribution in [0.25, 0.3) is 10.9 Å². The van der Waals surface area contributed by atoms with Crippen molar-refractivity contribution in [1.29, 1.82) is 5.26 Å². The first-order valence-corrected chi connectivity index (χ1v) is 4.90. The SMILES string of the molecule is N#Cc1cccc2ccn(C3CC3)c12. The van der Waals surface area contributed by atoms with Crippen LogP contribution in [0.1, 0.15) is 24.4 Å². The topological polar surface area (TPSA) is 28.7 Å². The molecule has 1 aromatic heterocycles. The average Bonchev–Trinajstić information content (AvgIpc) is 2.97. The number of benzene rings is 1. The molecule has 0 bridgehead atoms. The molecular weight excluding hydrogens is 172 g/mol. The van der Waals surface area contributed by atoms with Gasteiger partial charge in [0.15, 0.2) is 0 Å². The van der Waals surface area contributed by atoms with Crippen molar-refractivity contribution in [2.24, 2.45) is 0 Å². The molecule has 0 unspecified atom stereocenters. The Morgan fingerprint density at radius 2 is 2.14 bits per heavy atom. The van der Waals surface area contributed by atoms with Crippen LogP contribution in [0.5, 0.6) is 0 Å². The first-order valence-electron chi connectivity index (χ1n) is 4.90. The third-order valence-electron chi connectivity index (χ3n) is 2.80. The maximum absolute atomic E-state index is 9.02. The fraction of sp³-hybridized carbons (Fsp3) is 0.250. The van der Waals surface area contributed by atoms with Gasteiger partial charge in [0.1, 0.15) is 6.07 Å². The molecule has 2 heteroatoms. The molecule has 1 aliphatic rings. The van der Waals surface area contributed by atoms with Crippen molar-refractivity contribution in [3.05, 3.63) is 36.0 Å². The molecule has 1 aromatic carbocycles. The molecule has 3 rings (SSSR count). The van der Waals surface area contributed by atoms with Crippen molar-refractivity contribution in [3.63, 3.8) is 0 Å². The number of fused-ring (bicyclic) bond motifs is 1. The fourth-order valence-corrected chi connectivity index (χ4v) is 1.97. The number of nitrogens with zero attached hydrogens (tertiary/aromatic N) is 2. The molecule has 0 atom stereocenters. The lowest BCUT2D eigenvalue weighted by Gasteiger charge is -2.03. The maximum atomic E-state index is 9.02. The quantitative estimate of drug-likeness (QED) is 0.666. The maximum Gasteiger partial charge on any atom is 0.101 e. The predicted octanol–water partition coefficient (Wildman–Crippen LogP) is 2.85. The van der Waals surface area contributed by atoms with Gasteiger partial charge in [0.25, 0.3) is 0 Å². The van der Waals surface area contributed by atoms with Gasteiger partial charge in [-0.05, 0) is 25.0 Å². The molecule has 2 nitrogen and oxygen atoms in total. The van der Waals surface area contributed by atoms with Crippen molar-refractivity contribution in [1.82, 2.24) is 4.57 Å². The number of para-hydroxylation sites is 1. The second-order valence-electron chi connectivity index (χ2n) is 3.81. The van der Waals surface area contributed by atoms with E-state index < -0.39 is 0 Å². The molecule has 2 aromatic rings. The van der Waals surface area contributed by atoms with Crippen LogP contribution in [0, 0.1) is 11.3 Å². The largest absolute Gasteiger partial charge is 0.343 e. The van der Waals surface area contributed by atoms with Gasteiger partial charge < -0.3 is 4.57 Å². The molecule has 0 spiro atoms. The summed E-state index contributed by atoms with van der Waals surface area (Å²) in [7, 11) is 0. The number of nitriles is 1. The van der Waals surface area contributed by atoms with Crippen LogP contribution >= 0.6 is 0 Å². The summed E-state index contributed by atoms with van der Waals surface area (Å²) in [6.45, 7) is 0. The Hall–Kier alpha value is -1.75. The van der Waals surface area contributed by atoms with Crippen LogP contribution in [-0.2, 0) is 0 Å². The zero-order chi connectivity index (χ0) is 9.54. The Balaban J connectivity index is 2.36. The van der Waals surface area contributed by atoms with Crippen LogP contribution in [0.4, 0.5) is 0 Å². The van der Waals surface area contributed by atoms with Gasteiger partial charge in [-0.15, -0.1) is 0 Å². The van der Waals surface area contributed by atoms with Gasteiger partial charge in [0.2, 0.25) is 0 Å². The fourth-order valence-electron chi connectivity index (χ4n) is 1.97. The molecular formula is C12H10N2. The first kappa shape index (κ1) is 7.64. The summed E-state index contributed by atoms with van der Waals surface area (Å²) >= 11 is 0. The summed E-state index contributed by atoms with van der Waals surface area (Å²) in [4.78, 5) is 0. The van der Waals surface area contributed by atoms with E-state index in [2.05, 4.69) is 29.0 Å². The third kappa shape index (κ3) is 0.958. The highest BCUT2D eigenvalue weighted by molar-refractivity contribution is 5.85. The zero-order valence-electron chi connectivity index (χ0n) is 7.77. The van der Waals surface area contributed by atoms with Crippen LogP contribution in [0.3, 0.4) is 0 Å². The molecule has 0 amide bonds. The van der Waals surface area contributed by atoms with E-state index in [0.29, 0.717) is 6.04 Å². The molecule has 1 heterocycles. The highest BCUT2D eigenvalue weighted by Gasteiger charge is 2.25. The Morgan fingerprint density at radius 3 is 2.86 bits per heavy atom. The van der Waals surface area contributed by atoms with Gasteiger partial charge in [-0.1, -0.05) is 12.1 Å². The summed E-state index contributed by atoms with van der Waals surface area (Å²) in [5.74, 6) is 0. The Labute approximate surface area is 82.4 Å². The lowest BCUT2D eigenvalue weighted by atomic mass is 10.1. The number of hydrogen-bond acceptors (Lipinski definition) is 1. The van der Waals surface area contributed by atoms with Crippen LogP contribution in [0.2, 0.25) is 0 Å². The Bertz CT molecular complexity index is 527. The van der Waals surface area contributed by atoms with Gasteiger partial charge in [0, 0.05) is 17.6 Å². The van der Waals surface area contributed by atoms with Crippen molar-refractivity contribution < 1.29 is 0 Å². The average molecular weight is 182 g/mol. The summed E-state index contributed by atoms with van der Waals surface area (Å²) in [5, 5.41) is 10.2. The number of aromatic nitrogens is 1. The molecule has 1 aliphatic carbocycles. The minimum atomic E-state index is 0.641. The van der Waals surface area contributed by atoms with Crippen molar-refractivity contribution in [3.8, 4) is 6.07 Å². The summed E-state index contributed by atoms with van der Waals surface area (Å²) in [6.07, 6.45) is 4.61. The third-order valence-corrected chi connectivity index (χ3v) is 2.80. The second kappa shape index (κ2) is 2.62. The van der Waals surface area contributed by atoms with E-state index in [-0.39, 0.29) is 0 Å². The number of rotatable bonds is 1. The molecule has 68 valence electrons. The van der Waals surface area contributed by atoms with Gasteiger partial charge in [-0.2, -0.15) is 5.26 Å². The predicted molar refractivity (Wildman–Crippen MR) is 54.9 cm³/mol. The first-order chi connectivity index (χ1) is 6.90. The molecule has 14 heavy (non-hydrogen) atoms. The molecule has 1 fully saturated rings. The normalized spacial score (nSPS) is 15.6. The minimum absolute atomic E-state index is 0.641. The molecule has 0 aliphatic heterocycles. The van der Waals surface area contributed by atoms with Crippen molar-refractivity contribution >= 4 is 10.9 Å². The van der Waals surface area contributed by atoms with E-state index in [4.69, 9.17) is 5.26 Å². The van der Waals surface area contributed by atoms with E-state index >= 15 is 0 Å². The lowest BCUT2D eigenvalue weighted by Crippen LogP contribution is -1.92. The Morgan fingerprint density at radius 1 is 1.29 bits per heavy atom. The van der Waals surface area contributed by atoms with Crippen molar-refractivity contribution in [2.45, 2.75) is 18.9 Å². The van der Waals surface area contributed by atoms with Gasteiger partial charge in [0.05, 0.1) is 11.1 Å². The van der Waals surface area contributed by atoms with Gasteiger partial charge >= 0.3 is 0 Å². The van der Waals surface area contributed by atoms with E-state index in [1.807, 2.05) is 12.1 Å². The van der Waals surface area contributed by atoms with E-state index in [9.17, 15) is 0 Å². The highest BCUT2D eigenvalue weighted by Crippen LogP contribution is 2.38. The van der Waals surface area contributed by atoms with Crippen LogP contribution in [0.15, 0.2) is 30.5 Å². The van der Waals surface area contributed by atoms with E-state index in [0.717, 1.165) is 11.1 Å². The van der Waals surface area contributed by atoms with E-state index in [1.54, 1.807) is 0 Å². The lowest BCUT2D eigenvalue weighted by molar-refractivity contribution is 0.775. The van der Waals surface area contributed by atoms with Crippen LogP contribution in [-0.4, -0.2) is 4.57 Å². The molecule has 0 radical (unpaired) electrons. The smallest absolute Gasteiger partial charge is 0.101 e. The highest BCUT2D eigenvalue weighted by atomic mass is 15.0. The summed E-state index contributed by atoms with van der Waals surface area (Å²) in [6, 6.07) is 10.9. The molecule has 0 N–H and O–H groups in total. The standard InChI is InChI=1S/C12H10N2/c13-8-10-3-1-2-9-6-7-14(12(9)10)11-4-5-11/h1-3,6-7,11H,4-5H2. The zero-order valence-corrected chi connectivity index (χ0v) is 7.77.